The lowest BCUT2D eigenvalue weighted by atomic mass is 10.1. The Kier molecular flexibility index (Phi) is 8.16. The molecule has 4 aromatic rings. The summed E-state index contributed by atoms with van der Waals surface area (Å²) in [5.41, 5.74) is 2.78. The number of imidazole rings is 1. The van der Waals surface area contributed by atoms with Gasteiger partial charge in [0.15, 0.2) is 0 Å². The number of hydrogen-bond acceptors (Lipinski definition) is 5. The van der Waals surface area contributed by atoms with E-state index in [1.165, 1.54) is 0 Å². The highest BCUT2D eigenvalue weighted by molar-refractivity contribution is 6.32. The second-order valence-corrected chi connectivity index (χ2v) is 8.28. The number of hydrogen-bond donors (Lipinski definition) is 1. The molecule has 2 heterocycles. The van der Waals surface area contributed by atoms with Crippen LogP contribution in [0.1, 0.15) is 18.9 Å². The molecule has 0 radical (unpaired) electrons. The second-order valence-electron chi connectivity index (χ2n) is 7.87. The van der Waals surface area contributed by atoms with Gasteiger partial charge in [0, 0.05) is 42.8 Å². The van der Waals surface area contributed by atoms with Crippen LogP contribution in [0.3, 0.4) is 0 Å². The monoisotopic (exact) mass is 500 g/mol. The largest absolute Gasteiger partial charge is 0.492 e. The maximum absolute atomic E-state index is 12.7. The Morgan fingerprint density at radius 3 is 2.78 bits per heavy atom. The van der Waals surface area contributed by atoms with Crippen molar-refractivity contribution >= 4 is 23.6 Å². The van der Waals surface area contributed by atoms with Crippen LogP contribution in [0.5, 0.6) is 5.75 Å². The first-order valence-electron chi connectivity index (χ1n) is 11.5. The number of nitriles is 1. The number of benzene rings is 2. The minimum Gasteiger partial charge on any atom is -0.492 e. The van der Waals surface area contributed by atoms with E-state index < -0.39 is 5.91 Å². The lowest BCUT2D eigenvalue weighted by molar-refractivity contribution is -0.117. The molecular formula is C27H25ClN6O2. The first-order chi connectivity index (χ1) is 17.6. The van der Waals surface area contributed by atoms with Crippen molar-refractivity contribution in [2.75, 3.05) is 13.2 Å². The fourth-order valence-electron chi connectivity index (χ4n) is 3.63. The van der Waals surface area contributed by atoms with Gasteiger partial charge in [0.25, 0.3) is 5.91 Å². The Labute approximate surface area is 214 Å². The van der Waals surface area contributed by atoms with Crippen LogP contribution in [0.25, 0.3) is 23.0 Å². The maximum Gasteiger partial charge on any atom is 0.261 e. The van der Waals surface area contributed by atoms with E-state index in [4.69, 9.17) is 21.4 Å². The van der Waals surface area contributed by atoms with Crippen LogP contribution in [0.4, 0.5) is 0 Å². The van der Waals surface area contributed by atoms with E-state index in [0.717, 1.165) is 17.8 Å². The minimum absolute atomic E-state index is 0.0106. The van der Waals surface area contributed by atoms with Gasteiger partial charge in [-0.25, -0.2) is 9.67 Å². The fraction of sp³-hybridized carbons (Fsp3) is 0.185. The molecule has 1 amide bonds. The van der Waals surface area contributed by atoms with Crippen LogP contribution in [0, 0.1) is 11.3 Å². The number of aromatic nitrogens is 4. The van der Waals surface area contributed by atoms with Crippen LogP contribution >= 0.6 is 11.6 Å². The number of amides is 1. The molecule has 0 atom stereocenters. The Morgan fingerprint density at radius 1 is 1.25 bits per heavy atom. The summed E-state index contributed by atoms with van der Waals surface area (Å²) in [7, 11) is 0. The van der Waals surface area contributed by atoms with Crippen LogP contribution in [-0.2, 0) is 11.3 Å². The molecule has 0 saturated heterocycles. The standard InChI is InChI=1S/C27H25ClN6O2/c1-2-36-25-10-9-20(16-24(25)28)26-22(18-34(32-26)23-7-4-3-5-8-23)15-21(17-29)27(35)31-11-6-13-33-14-12-30-19-33/h3-5,7-10,12,14-16,18-19H,2,6,11,13H2,1H3,(H,31,35)/b21-15+. The molecule has 0 unspecified atom stereocenters. The minimum atomic E-state index is -0.439. The van der Waals surface area contributed by atoms with Crippen molar-refractivity contribution in [2.24, 2.45) is 0 Å². The molecule has 0 aliphatic carbocycles. The third kappa shape index (κ3) is 6.01. The predicted molar refractivity (Wildman–Crippen MR) is 139 cm³/mol. The van der Waals surface area contributed by atoms with Gasteiger partial charge in [-0.1, -0.05) is 29.8 Å². The molecule has 0 aliphatic rings. The molecule has 0 fully saturated rings. The third-order valence-electron chi connectivity index (χ3n) is 5.37. The summed E-state index contributed by atoms with van der Waals surface area (Å²) >= 11 is 6.43. The van der Waals surface area contributed by atoms with Crippen LogP contribution in [0.2, 0.25) is 5.02 Å². The molecule has 4 rings (SSSR count). The highest BCUT2D eigenvalue weighted by atomic mass is 35.5. The first kappa shape index (κ1) is 24.8. The number of aryl methyl sites for hydroxylation is 1. The van der Waals surface area contributed by atoms with Crippen molar-refractivity contribution in [3.8, 4) is 28.8 Å². The number of rotatable bonds is 10. The van der Waals surface area contributed by atoms with Gasteiger partial charge < -0.3 is 14.6 Å². The molecule has 0 spiro atoms. The summed E-state index contributed by atoms with van der Waals surface area (Å²) in [5, 5.41) is 17.7. The van der Waals surface area contributed by atoms with Crippen LogP contribution in [-0.4, -0.2) is 38.4 Å². The molecule has 36 heavy (non-hydrogen) atoms. The van der Waals surface area contributed by atoms with Gasteiger partial charge in [-0.15, -0.1) is 0 Å². The first-order valence-corrected chi connectivity index (χ1v) is 11.9. The zero-order chi connectivity index (χ0) is 25.3. The van der Waals surface area contributed by atoms with E-state index in [0.29, 0.717) is 41.6 Å². The Balaban J connectivity index is 1.61. The maximum atomic E-state index is 12.7. The van der Waals surface area contributed by atoms with Crippen LogP contribution < -0.4 is 10.1 Å². The summed E-state index contributed by atoms with van der Waals surface area (Å²) < 4.78 is 9.19. The van der Waals surface area contributed by atoms with E-state index in [1.807, 2.05) is 60.2 Å². The van der Waals surface area contributed by atoms with Gasteiger partial charge in [0.1, 0.15) is 23.1 Å². The van der Waals surface area contributed by atoms with E-state index >= 15 is 0 Å². The van der Waals surface area contributed by atoms with Gasteiger partial charge in [-0.3, -0.25) is 4.79 Å². The number of nitrogens with one attached hydrogen (secondary N) is 1. The molecule has 9 heteroatoms. The SMILES string of the molecule is CCOc1ccc(-c2nn(-c3ccccc3)cc2/C=C(\C#N)C(=O)NCCCn2ccnc2)cc1Cl. The summed E-state index contributed by atoms with van der Waals surface area (Å²) in [6, 6.07) is 17.0. The van der Waals surface area contributed by atoms with Crippen molar-refractivity contribution < 1.29 is 9.53 Å². The van der Waals surface area contributed by atoms with Gasteiger partial charge in [-0.2, -0.15) is 10.4 Å². The van der Waals surface area contributed by atoms with Crippen molar-refractivity contribution in [1.29, 1.82) is 5.26 Å². The second kappa shape index (κ2) is 11.9. The summed E-state index contributed by atoms with van der Waals surface area (Å²) in [6.45, 7) is 3.54. The van der Waals surface area contributed by atoms with Crippen LogP contribution in [0.15, 0.2) is 79.0 Å². The van der Waals surface area contributed by atoms with E-state index in [-0.39, 0.29) is 5.57 Å². The molecule has 2 aromatic heterocycles. The smallest absolute Gasteiger partial charge is 0.261 e. The zero-order valence-corrected chi connectivity index (χ0v) is 20.5. The number of nitrogens with zero attached hydrogens (tertiary/aromatic N) is 5. The van der Waals surface area contributed by atoms with Gasteiger partial charge in [0.2, 0.25) is 0 Å². The van der Waals surface area contributed by atoms with Gasteiger partial charge in [0.05, 0.1) is 23.6 Å². The number of carbonyl (C=O) groups excluding carboxylic acids is 1. The summed E-state index contributed by atoms with van der Waals surface area (Å²) in [5.74, 6) is 0.140. The topological polar surface area (TPSA) is 97.8 Å². The molecule has 0 saturated carbocycles. The molecule has 0 bridgehead atoms. The number of ether oxygens (including phenoxy) is 1. The Morgan fingerprint density at radius 2 is 2.08 bits per heavy atom. The summed E-state index contributed by atoms with van der Waals surface area (Å²) in [6.07, 6.45) is 9.35. The van der Waals surface area contributed by atoms with Gasteiger partial charge in [-0.05, 0) is 49.8 Å². The lowest BCUT2D eigenvalue weighted by Crippen LogP contribution is -2.26. The average Bonchev–Trinajstić information content (AvgIpc) is 3.57. The van der Waals surface area contributed by atoms with E-state index in [1.54, 1.807) is 41.6 Å². The highest BCUT2D eigenvalue weighted by Gasteiger charge is 2.16. The van der Waals surface area contributed by atoms with Crippen molar-refractivity contribution in [3.05, 3.63) is 89.6 Å². The third-order valence-corrected chi connectivity index (χ3v) is 5.67. The molecule has 2 aromatic carbocycles. The Bertz CT molecular complexity index is 1390. The summed E-state index contributed by atoms with van der Waals surface area (Å²) in [4.78, 5) is 16.8. The number of halogens is 1. The van der Waals surface area contributed by atoms with Gasteiger partial charge >= 0.3 is 0 Å². The van der Waals surface area contributed by atoms with Crippen molar-refractivity contribution in [1.82, 2.24) is 24.6 Å². The number of para-hydroxylation sites is 1. The highest BCUT2D eigenvalue weighted by Crippen LogP contribution is 2.32. The molecule has 1 N–H and O–H groups in total. The predicted octanol–water partition coefficient (Wildman–Crippen LogP) is 4.90. The van der Waals surface area contributed by atoms with Crippen molar-refractivity contribution in [3.63, 3.8) is 0 Å². The lowest BCUT2D eigenvalue weighted by Gasteiger charge is -2.07. The van der Waals surface area contributed by atoms with E-state index in [2.05, 4.69) is 10.3 Å². The van der Waals surface area contributed by atoms with Crippen molar-refractivity contribution in [2.45, 2.75) is 19.9 Å². The average molecular weight is 501 g/mol. The molecule has 0 aliphatic heterocycles. The normalized spacial score (nSPS) is 11.2. The van der Waals surface area contributed by atoms with E-state index in [9.17, 15) is 10.1 Å². The molecule has 8 nitrogen and oxygen atoms in total. The zero-order valence-electron chi connectivity index (χ0n) is 19.8. The Hall–Kier alpha value is -4.35. The number of carbonyl (C=O) groups is 1. The molecular weight excluding hydrogens is 476 g/mol. The quantitative estimate of drug-likeness (QED) is 0.190. The fourth-order valence-corrected chi connectivity index (χ4v) is 3.87. The molecule has 182 valence electrons.